The Hall–Kier alpha value is -2.83. The van der Waals surface area contributed by atoms with E-state index in [-0.39, 0.29) is 23.4 Å². The Morgan fingerprint density at radius 3 is 2.61 bits per heavy atom. The highest BCUT2D eigenvalue weighted by molar-refractivity contribution is 8.01. The van der Waals surface area contributed by atoms with Crippen molar-refractivity contribution in [2.75, 3.05) is 11.4 Å². The Morgan fingerprint density at radius 1 is 1.12 bits per heavy atom. The molecule has 0 bridgehead atoms. The highest BCUT2D eigenvalue weighted by Gasteiger charge is 2.39. The van der Waals surface area contributed by atoms with Crippen molar-refractivity contribution in [1.82, 2.24) is 5.32 Å². The van der Waals surface area contributed by atoms with Gasteiger partial charge < -0.3 is 10.2 Å². The van der Waals surface area contributed by atoms with Gasteiger partial charge in [-0.3, -0.25) is 9.59 Å². The lowest BCUT2D eigenvalue weighted by atomic mass is 10.0. The van der Waals surface area contributed by atoms with Crippen LogP contribution in [0.5, 0.6) is 0 Å². The number of nitrogens with zero attached hydrogens (tertiary/aromatic N) is 1. The minimum Gasteiger partial charge on any atom is -0.355 e. The number of carbonyl (C=O) groups excluding carboxylic acids is 2. The third-order valence-corrected chi connectivity index (χ3v) is 7.50. The molecule has 0 saturated heterocycles. The van der Waals surface area contributed by atoms with Crippen LogP contribution in [0.2, 0.25) is 5.02 Å². The quantitative estimate of drug-likeness (QED) is 0.485. The molecule has 1 aliphatic heterocycles. The molecule has 1 N–H and O–H groups in total. The number of halogens is 2. The molecular weight excluding hydrogens is 459 g/mol. The molecule has 170 valence electrons. The fraction of sp³-hybridized carbons (Fsp3) is 0.231. The zero-order chi connectivity index (χ0) is 23.4. The maximum Gasteiger partial charge on any atom is 0.241 e. The molecule has 0 radical (unpaired) electrons. The lowest BCUT2D eigenvalue weighted by molar-refractivity contribution is -0.128. The second kappa shape index (κ2) is 10.4. The normalized spacial score (nSPS) is 16.3. The SMILES string of the molecule is C[C@H](C(=O)NCCc1ccccc1)[C@@H]1Sc2ccccc2N(Cc2ccc(F)cc2Cl)C1=O. The average molecular weight is 483 g/mol. The summed E-state index contributed by atoms with van der Waals surface area (Å²) in [7, 11) is 0. The first-order valence-corrected chi connectivity index (χ1v) is 12.0. The molecule has 2 atom stereocenters. The number of amides is 2. The standard InChI is InChI=1S/C26H24ClFN2O2S/c1-17(25(31)29-14-13-18-7-3-2-4-8-18)24-26(32)30(22-9-5-6-10-23(22)33-24)16-19-11-12-20(28)15-21(19)27/h2-12,15,17,24H,13-14,16H2,1H3,(H,29,31)/t17-,24-/m0/s1. The number of hydrogen-bond donors (Lipinski definition) is 1. The number of anilines is 1. The molecule has 7 heteroatoms. The van der Waals surface area contributed by atoms with Gasteiger partial charge in [-0.15, -0.1) is 11.8 Å². The van der Waals surface area contributed by atoms with E-state index < -0.39 is 17.0 Å². The Balaban J connectivity index is 1.50. The average Bonchev–Trinajstić information content (AvgIpc) is 2.82. The van der Waals surface area contributed by atoms with Gasteiger partial charge in [-0.25, -0.2) is 4.39 Å². The molecule has 0 aromatic heterocycles. The van der Waals surface area contributed by atoms with E-state index >= 15 is 0 Å². The van der Waals surface area contributed by atoms with Gasteiger partial charge >= 0.3 is 0 Å². The molecule has 0 unspecified atom stereocenters. The van der Waals surface area contributed by atoms with Crippen LogP contribution in [0.15, 0.2) is 77.7 Å². The van der Waals surface area contributed by atoms with Crippen LogP contribution in [0.4, 0.5) is 10.1 Å². The third-order valence-electron chi connectivity index (χ3n) is 5.69. The molecule has 3 aromatic carbocycles. The number of thioether (sulfide) groups is 1. The van der Waals surface area contributed by atoms with Crippen LogP contribution in [0.1, 0.15) is 18.1 Å². The van der Waals surface area contributed by atoms with E-state index in [2.05, 4.69) is 5.32 Å². The van der Waals surface area contributed by atoms with Crippen LogP contribution in [0.3, 0.4) is 0 Å². The van der Waals surface area contributed by atoms with E-state index in [1.807, 2.05) is 54.6 Å². The summed E-state index contributed by atoms with van der Waals surface area (Å²) >= 11 is 7.64. The van der Waals surface area contributed by atoms with Gasteiger partial charge in [0.05, 0.1) is 18.2 Å². The topological polar surface area (TPSA) is 49.4 Å². The molecule has 1 heterocycles. The van der Waals surface area contributed by atoms with Gasteiger partial charge in [0.25, 0.3) is 0 Å². The number of benzene rings is 3. The first-order valence-electron chi connectivity index (χ1n) is 10.8. The molecule has 0 aliphatic carbocycles. The van der Waals surface area contributed by atoms with Crippen LogP contribution in [-0.4, -0.2) is 23.6 Å². The maximum atomic E-state index is 13.5. The highest BCUT2D eigenvalue weighted by atomic mass is 35.5. The van der Waals surface area contributed by atoms with Gasteiger partial charge in [-0.1, -0.05) is 67.1 Å². The highest BCUT2D eigenvalue weighted by Crippen LogP contribution is 2.42. The van der Waals surface area contributed by atoms with Crippen LogP contribution in [-0.2, 0) is 22.6 Å². The fourth-order valence-electron chi connectivity index (χ4n) is 3.81. The van der Waals surface area contributed by atoms with Crippen molar-refractivity contribution in [3.63, 3.8) is 0 Å². The van der Waals surface area contributed by atoms with Gasteiger partial charge in [0, 0.05) is 16.5 Å². The van der Waals surface area contributed by atoms with Crippen LogP contribution in [0, 0.1) is 11.7 Å². The molecule has 3 aromatic rings. The zero-order valence-electron chi connectivity index (χ0n) is 18.1. The second-order valence-corrected chi connectivity index (χ2v) is 9.57. The summed E-state index contributed by atoms with van der Waals surface area (Å²) in [6.07, 6.45) is 0.725. The molecule has 0 spiro atoms. The van der Waals surface area contributed by atoms with Gasteiger partial charge in [0.2, 0.25) is 11.8 Å². The molecular formula is C26H24ClFN2O2S. The molecule has 4 nitrogen and oxygen atoms in total. The zero-order valence-corrected chi connectivity index (χ0v) is 19.7. The lowest BCUT2D eigenvalue weighted by Gasteiger charge is -2.36. The Bertz CT molecular complexity index is 1160. The van der Waals surface area contributed by atoms with Gasteiger partial charge in [-0.2, -0.15) is 0 Å². The van der Waals surface area contributed by atoms with Crippen LogP contribution in [0.25, 0.3) is 0 Å². The molecule has 1 aliphatic rings. The van der Waals surface area contributed by atoms with Crippen LogP contribution >= 0.6 is 23.4 Å². The van der Waals surface area contributed by atoms with Crippen LogP contribution < -0.4 is 10.2 Å². The third kappa shape index (κ3) is 5.40. The number of para-hydroxylation sites is 1. The van der Waals surface area contributed by atoms with Crippen molar-refractivity contribution in [2.45, 2.75) is 30.0 Å². The largest absolute Gasteiger partial charge is 0.355 e. The molecule has 0 fully saturated rings. The second-order valence-electron chi connectivity index (χ2n) is 7.98. The summed E-state index contributed by atoms with van der Waals surface area (Å²) < 4.78 is 13.5. The molecule has 0 saturated carbocycles. The Morgan fingerprint density at radius 2 is 1.85 bits per heavy atom. The van der Waals surface area contributed by atoms with E-state index in [9.17, 15) is 14.0 Å². The number of carbonyl (C=O) groups is 2. The minimum absolute atomic E-state index is 0.157. The maximum absolute atomic E-state index is 13.5. The Labute approximate surface area is 202 Å². The van der Waals surface area contributed by atoms with Crippen molar-refractivity contribution in [1.29, 1.82) is 0 Å². The number of fused-ring (bicyclic) bond motifs is 1. The minimum atomic E-state index is -0.573. The number of nitrogens with one attached hydrogen (secondary N) is 1. The van der Waals surface area contributed by atoms with E-state index in [0.29, 0.717) is 12.1 Å². The van der Waals surface area contributed by atoms with Gasteiger partial charge in [0.15, 0.2) is 0 Å². The smallest absolute Gasteiger partial charge is 0.241 e. The fourth-order valence-corrected chi connectivity index (χ4v) is 5.32. The summed E-state index contributed by atoms with van der Waals surface area (Å²) in [5.41, 5.74) is 2.55. The first kappa shape index (κ1) is 23.3. The van der Waals surface area contributed by atoms with Gasteiger partial charge in [0.1, 0.15) is 11.1 Å². The van der Waals surface area contributed by atoms with E-state index in [4.69, 9.17) is 11.6 Å². The predicted molar refractivity (Wildman–Crippen MR) is 131 cm³/mol. The van der Waals surface area contributed by atoms with Crippen molar-refractivity contribution >= 4 is 40.9 Å². The summed E-state index contributed by atoms with van der Waals surface area (Å²) in [6, 6.07) is 21.7. The molecule has 4 rings (SSSR count). The lowest BCUT2D eigenvalue weighted by Crippen LogP contribution is -2.47. The van der Waals surface area contributed by atoms with Crippen molar-refractivity contribution < 1.29 is 14.0 Å². The summed E-state index contributed by atoms with van der Waals surface area (Å²) in [5, 5.41) is 2.66. The Kier molecular flexibility index (Phi) is 7.36. The monoisotopic (exact) mass is 482 g/mol. The van der Waals surface area contributed by atoms with Crippen molar-refractivity contribution in [3.05, 3.63) is 94.8 Å². The van der Waals surface area contributed by atoms with E-state index in [1.54, 1.807) is 17.9 Å². The molecule has 2 amide bonds. The summed E-state index contributed by atoms with van der Waals surface area (Å²) in [4.78, 5) is 29.0. The van der Waals surface area contributed by atoms with E-state index in [0.717, 1.165) is 22.6 Å². The number of rotatable bonds is 7. The first-order chi connectivity index (χ1) is 15.9. The summed E-state index contributed by atoms with van der Waals surface area (Å²) in [5.74, 6) is -1.28. The van der Waals surface area contributed by atoms with Crippen molar-refractivity contribution in [2.24, 2.45) is 5.92 Å². The van der Waals surface area contributed by atoms with Gasteiger partial charge in [-0.05, 0) is 41.8 Å². The molecule has 33 heavy (non-hydrogen) atoms. The number of hydrogen-bond acceptors (Lipinski definition) is 3. The van der Waals surface area contributed by atoms with Crippen molar-refractivity contribution in [3.8, 4) is 0 Å². The predicted octanol–water partition coefficient (Wildman–Crippen LogP) is 5.48. The van der Waals surface area contributed by atoms with E-state index in [1.165, 1.54) is 23.9 Å². The summed E-state index contributed by atoms with van der Waals surface area (Å²) in [6.45, 7) is 2.49.